The third-order valence-electron chi connectivity index (χ3n) is 17.0. The Morgan fingerprint density at radius 1 is 0.542 bits per heavy atom. The molecule has 8 rings (SSSR count). The van der Waals surface area contributed by atoms with Crippen molar-refractivity contribution in [3.8, 4) is 0 Å². The number of carbonyl (C=O) groups excluding carboxylic acids is 2. The van der Waals surface area contributed by atoms with Crippen LogP contribution in [0.5, 0.6) is 0 Å². The van der Waals surface area contributed by atoms with Gasteiger partial charge in [0.2, 0.25) is 0 Å². The largest absolute Gasteiger partial charge is 0.481 e. The van der Waals surface area contributed by atoms with Crippen molar-refractivity contribution >= 4 is 23.9 Å². The first-order valence-electron chi connectivity index (χ1n) is 19.2. The average molecular weight is 669 g/mol. The van der Waals surface area contributed by atoms with E-state index in [-0.39, 0.29) is 56.6 Å². The van der Waals surface area contributed by atoms with Crippen molar-refractivity contribution in [1.29, 1.82) is 0 Å². The predicted octanol–water partition coefficient (Wildman–Crippen LogP) is 8.34. The average Bonchev–Trinajstić information content (AvgIpc) is 2.94. The van der Waals surface area contributed by atoms with Crippen LogP contribution in [0.15, 0.2) is 0 Å². The second kappa shape index (κ2) is 10.7. The molecule has 8 nitrogen and oxygen atoms in total. The van der Waals surface area contributed by atoms with Crippen LogP contribution >= 0.6 is 0 Å². The predicted molar refractivity (Wildman–Crippen MR) is 179 cm³/mol. The smallest absolute Gasteiger partial charge is 0.309 e. The van der Waals surface area contributed by atoms with Gasteiger partial charge in [-0.1, -0.05) is 26.7 Å². The number of hydrogen-bond acceptors (Lipinski definition) is 6. The van der Waals surface area contributed by atoms with Crippen LogP contribution in [0.4, 0.5) is 0 Å². The standard InChI is InChI=1S/2C20H30O4/c2*1-17-9-5-14-18(2)7-4-8-19(3,16(22)23)13(18)6-10-20(14,12-17)11-15(21)24-17/h2*13-14H,4-12H2,1-3H3,(H,22,23)/t2*13-,14-,17-,18+,19+,20-/m00/s1. The van der Waals surface area contributed by atoms with Crippen LogP contribution in [0.3, 0.4) is 0 Å². The number of carbonyl (C=O) groups is 4. The van der Waals surface area contributed by atoms with Gasteiger partial charge in [-0.3, -0.25) is 19.2 Å². The highest BCUT2D eigenvalue weighted by Gasteiger charge is 2.68. The van der Waals surface area contributed by atoms with Gasteiger partial charge in [-0.05, 0) is 163 Å². The Balaban J connectivity index is 0.000000152. The van der Waals surface area contributed by atoms with Crippen LogP contribution in [-0.4, -0.2) is 45.3 Å². The maximum absolute atomic E-state index is 12.3. The van der Waals surface area contributed by atoms with E-state index in [1.54, 1.807) is 0 Å². The van der Waals surface area contributed by atoms with E-state index in [2.05, 4.69) is 27.7 Å². The summed E-state index contributed by atoms with van der Waals surface area (Å²) in [6.07, 6.45) is 16.7. The van der Waals surface area contributed by atoms with E-state index >= 15 is 0 Å². The Morgan fingerprint density at radius 2 is 0.896 bits per heavy atom. The van der Waals surface area contributed by atoms with Gasteiger partial charge in [0.15, 0.2) is 0 Å². The lowest BCUT2D eigenvalue weighted by molar-refractivity contribution is -0.230. The summed E-state index contributed by atoms with van der Waals surface area (Å²) in [5, 5.41) is 19.9. The first-order chi connectivity index (χ1) is 22.3. The molecule has 48 heavy (non-hydrogen) atoms. The molecule has 0 aromatic carbocycles. The molecule has 6 aliphatic carbocycles. The summed E-state index contributed by atoms with van der Waals surface area (Å²) in [5.74, 6) is 0.0615. The topological polar surface area (TPSA) is 127 Å². The summed E-state index contributed by atoms with van der Waals surface area (Å²) in [6.45, 7) is 12.8. The Hall–Kier alpha value is -2.12. The van der Waals surface area contributed by atoms with Crippen molar-refractivity contribution in [3.05, 3.63) is 0 Å². The van der Waals surface area contributed by atoms with Gasteiger partial charge >= 0.3 is 23.9 Å². The molecule has 2 N–H and O–H groups in total. The van der Waals surface area contributed by atoms with Crippen LogP contribution < -0.4 is 0 Å². The Morgan fingerprint density at radius 3 is 1.25 bits per heavy atom. The van der Waals surface area contributed by atoms with Gasteiger partial charge < -0.3 is 19.7 Å². The fraction of sp³-hybridized carbons (Fsp3) is 0.900. The Labute approximate surface area is 286 Å². The Kier molecular flexibility index (Phi) is 7.65. The van der Waals surface area contributed by atoms with Crippen LogP contribution in [0.1, 0.15) is 157 Å². The first-order valence-corrected chi connectivity index (χ1v) is 19.2. The fourth-order valence-electron chi connectivity index (χ4n) is 15.3. The summed E-state index contributed by atoms with van der Waals surface area (Å²) in [6, 6.07) is 0. The van der Waals surface area contributed by atoms with Gasteiger partial charge in [-0.15, -0.1) is 0 Å². The summed E-state index contributed by atoms with van der Waals surface area (Å²) in [4.78, 5) is 48.8. The minimum atomic E-state index is -0.627. The van der Waals surface area contributed by atoms with Crippen LogP contribution in [0.25, 0.3) is 0 Å². The number of esters is 2. The van der Waals surface area contributed by atoms with Gasteiger partial charge in [0, 0.05) is 0 Å². The monoisotopic (exact) mass is 668 g/mol. The van der Waals surface area contributed by atoms with Crippen molar-refractivity contribution in [2.45, 2.75) is 168 Å². The SMILES string of the molecule is C[C@@]12CC[C@@H]3[C@@](CC[C@H]4[C@@]3(C)CCC[C@@]4(C)C(=O)O)(CC(=O)O1)C2.C[C@@]12CC[C@@H]3[C@@](CC[C@H]4[C@@]3(C)CCC[C@@]4(C)C(=O)O)(CC(=O)O1)C2. The first kappa shape index (κ1) is 34.3. The second-order valence-corrected chi connectivity index (χ2v) is 19.8. The van der Waals surface area contributed by atoms with Crippen molar-refractivity contribution in [3.63, 3.8) is 0 Å². The summed E-state index contributed by atoms with van der Waals surface area (Å²) < 4.78 is 11.4. The molecule has 0 aromatic heterocycles. The molecule has 2 aliphatic heterocycles. The minimum Gasteiger partial charge on any atom is -0.481 e. The van der Waals surface area contributed by atoms with E-state index < -0.39 is 22.8 Å². The van der Waals surface area contributed by atoms with Gasteiger partial charge in [-0.2, -0.15) is 0 Å². The van der Waals surface area contributed by atoms with E-state index in [0.717, 1.165) is 103 Å². The molecular weight excluding hydrogens is 608 g/mol. The normalized spacial score (nSPS) is 53.5. The van der Waals surface area contributed by atoms with E-state index in [1.807, 2.05) is 13.8 Å². The zero-order valence-electron chi connectivity index (χ0n) is 30.4. The van der Waals surface area contributed by atoms with E-state index in [4.69, 9.17) is 9.47 Å². The molecule has 2 heterocycles. The molecular formula is C40H60O8. The molecule has 6 saturated carbocycles. The molecule has 8 aliphatic rings. The third-order valence-corrected chi connectivity index (χ3v) is 17.0. The lowest BCUT2D eigenvalue weighted by Crippen LogP contribution is -2.63. The molecule has 2 spiro atoms. The zero-order chi connectivity index (χ0) is 34.8. The Bertz CT molecular complexity index is 1300. The van der Waals surface area contributed by atoms with Crippen molar-refractivity contribution in [2.75, 3.05) is 0 Å². The highest BCUT2D eigenvalue weighted by molar-refractivity contribution is 5.76. The summed E-state index contributed by atoms with van der Waals surface area (Å²) >= 11 is 0. The maximum atomic E-state index is 12.3. The number of carboxylic acid groups (broad SMARTS) is 2. The lowest BCUT2D eigenvalue weighted by atomic mass is 9.39. The molecule has 8 heteroatoms. The molecule has 12 atom stereocenters. The molecule has 0 amide bonds. The minimum absolute atomic E-state index is 0.0349. The van der Waals surface area contributed by atoms with Crippen molar-refractivity contribution < 1.29 is 38.9 Å². The number of hydrogen-bond donors (Lipinski definition) is 2. The number of aliphatic carboxylic acids is 2. The molecule has 0 aromatic rings. The van der Waals surface area contributed by atoms with Crippen LogP contribution in [0.2, 0.25) is 0 Å². The van der Waals surface area contributed by atoms with Crippen molar-refractivity contribution in [2.24, 2.45) is 56.2 Å². The second-order valence-electron chi connectivity index (χ2n) is 19.8. The zero-order valence-corrected chi connectivity index (χ0v) is 30.4. The molecule has 4 bridgehead atoms. The van der Waals surface area contributed by atoms with Gasteiger partial charge in [0.25, 0.3) is 0 Å². The molecule has 8 fully saturated rings. The number of fused-ring (bicyclic) bond motifs is 6. The maximum Gasteiger partial charge on any atom is 0.309 e. The van der Waals surface area contributed by atoms with Crippen LogP contribution in [0, 0.1) is 56.2 Å². The van der Waals surface area contributed by atoms with Gasteiger partial charge in [-0.25, -0.2) is 0 Å². The molecule has 2 saturated heterocycles. The van der Waals surface area contributed by atoms with Crippen molar-refractivity contribution in [1.82, 2.24) is 0 Å². The van der Waals surface area contributed by atoms with E-state index in [1.165, 1.54) is 0 Å². The number of rotatable bonds is 2. The number of carboxylic acids is 2. The summed E-state index contributed by atoms with van der Waals surface area (Å²) in [5.41, 5.74) is -1.62. The quantitative estimate of drug-likeness (QED) is 0.281. The molecule has 0 radical (unpaired) electrons. The molecule has 0 unspecified atom stereocenters. The van der Waals surface area contributed by atoms with E-state index in [0.29, 0.717) is 24.7 Å². The lowest BCUT2D eigenvalue weighted by Gasteiger charge is -2.67. The van der Waals surface area contributed by atoms with Gasteiger partial charge in [0.05, 0.1) is 23.7 Å². The third kappa shape index (κ3) is 4.78. The van der Waals surface area contributed by atoms with Gasteiger partial charge in [0.1, 0.15) is 11.2 Å². The highest BCUT2D eigenvalue weighted by Crippen LogP contribution is 2.72. The highest BCUT2D eigenvalue weighted by atomic mass is 16.6. The summed E-state index contributed by atoms with van der Waals surface area (Å²) in [7, 11) is 0. The fourth-order valence-corrected chi connectivity index (χ4v) is 15.3. The van der Waals surface area contributed by atoms with Crippen LogP contribution in [-0.2, 0) is 28.7 Å². The van der Waals surface area contributed by atoms with E-state index in [9.17, 15) is 29.4 Å². The number of ether oxygens (including phenoxy) is 2. The molecule has 268 valence electrons.